The molecule has 0 unspecified atom stereocenters. The molecular formula is C27H26N2O6. The topological polar surface area (TPSA) is 98.2 Å². The van der Waals surface area contributed by atoms with Gasteiger partial charge in [-0.2, -0.15) is 0 Å². The lowest BCUT2D eigenvalue weighted by molar-refractivity contribution is -0.140. The van der Waals surface area contributed by atoms with Gasteiger partial charge in [-0.3, -0.25) is 14.6 Å². The first-order valence-electron chi connectivity index (χ1n) is 10.9. The maximum absolute atomic E-state index is 13.3. The van der Waals surface area contributed by atoms with E-state index in [0.29, 0.717) is 28.4 Å². The van der Waals surface area contributed by atoms with Crippen molar-refractivity contribution in [2.75, 3.05) is 21.3 Å². The number of likely N-dealkylation sites (tertiary alicyclic amines) is 1. The van der Waals surface area contributed by atoms with Crippen LogP contribution in [0.1, 0.15) is 28.3 Å². The summed E-state index contributed by atoms with van der Waals surface area (Å²) in [6.07, 6.45) is 3.26. The highest BCUT2D eigenvalue weighted by Gasteiger charge is 2.46. The molecule has 180 valence electrons. The van der Waals surface area contributed by atoms with Crippen molar-refractivity contribution in [3.8, 4) is 17.2 Å². The lowest BCUT2D eigenvalue weighted by Gasteiger charge is -2.26. The predicted molar refractivity (Wildman–Crippen MR) is 129 cm³/mol. The average molecular weight is 475 g/mol. The van der Waals surface area contributed by atoms with E-state index in [4.69, 9.17) is 14.2 Å². The van der Waals surface area contributed by atoms with Crippen LogP contribution in [0.25, 0.3) is 5.76 Å². The fraction of sp³-hybridized carbons (Fsp3) is 0.222. The molecule has 1 N–H and O–H groups in total. The third-order valence-corrected chi connectivity index (χ3v) is 5.94. The van der Waals surface area contributed by atoms with E-state index in [2.05, 4.69) is 4.98 Å². The molecule has 35 heavy (non-hydrogen) atoms. The Morgan fingerprint density at radius 1 is 1.00 bits per heavy atom. The van der Waals surface area contributed by atoms with Crippen molar-refractivity contribution in [1.82, 2.24) is 9.88 Å². The van der Waals surface area contributed by atoms with Gasteiger partial charge in [0.05, 0.1) is 32.9 Å². The molecule has 1 aromatic heterocycles. The number of aliphatic hydroxyl groups is 1. The van der Waals surface area contributed by atoms with E-state index < -0.39 is 17.7 Å². The largest absolute Gasteiger partial charge is 0.507 e. The number of hydrogen-bond donors (Lipinski definition) is 1. The number of carbonyl (C=O) groups is 2. The third-order valence-electron chi connectivity index (χ3n) is 5.94. The number of pyridine rings is 1. The van der Waals surface area contributed by atoms with Crippen molar-refractivity contribution in [3.05, 3.63) is 88.8 Å². The maximum atomic E-state index is 13.3. The van der Waals surface area contributed by atoms with Crippen LogP contribution in [0.4, 0.5) is 0 Å². The van der Waals surface area contributed by atoms with Gasteiger partial charge in [-0.25, -0.2) is 0 Å². The van der Waals surface area contributed by atoms with E-state index >= 15 is 0 Å². The Bertz CT molecular complexity index is 1260. The van der Waals surface area contributed by atoms with Gasteiger partial charge in [0.1, 0.15) is 5.76 Å². The van der Waals surface area contributed by atoms with Crippen LogP contribution in [0.15, 0.2) is 66.5 Å². The first kappa shape index (κ1) is 23.8. The minimum atomic E-state index is -0.898. The summed E-state index contributed by atoms with van der Waals surface area (Å²) in [6.45, 7) is 2.04. The second-order valence-electron chi connectivity index (χ2n) is 8.11. The van der Waals surface area contributed by atoms with Gasteiger partial charge in [-0.1, -0.05) is 35.9 Å². The zero-order chi connectivity index (χ0) is 25.1. The van der Waals surface area contributed by atoms with Gasteiger partial charge in [0, 0.05) is 24.5 Å². The van der Waals surface area contributed by atoms with Crippen molar-refractivity contribution in [1.29, 1.82) is 0 Å². The minimum Gasteiger partial charge on any atom is -0.507 e. The van der Waals surface area contributed by atoms with Crippen LogP contribution in [0.2, 0.25) is 0 Å². The van der Waals surface area contributed by atoms with Crippen LogP contribution < -0.4 is 14.2 Å². The Hall–Kier alpha value is -4.33. The Morgan fingerprint density at radius 2 is 1.66 bits per heavy atom. The molecule has 1 fully saturated rings. The SMILES string of the molecule is COc1cc([C@H]2/C(=C(\O)c3ccc(C)cc3)C(=O)C(=O)N2Cc2cccnc2)cc(OC)c1OC. The van der Waals surface area contributed by atoms with Gasteiger partial charge in [0.15, 0.2) is 11.5 Å². The standard InChI is InChI=1S/C27H26N2O6/c1-16-7-9-18(10-8-16)24(30)22-23(19-12-20(33-2)26(35-4)21(13-19)34-3)29(27(32)25(22)31)15-17-6-5-11-28-14-17/h5-14,23,30H,15H2,1-4H3/b24-22+/t23-/m0/s1. The third kappa shape index (κ3) is 4.42. The number of ketones is 1. The van der Waals surface area contributed by atoms with Crippen molar-refractivity contribution in [2.24, 2.45) is 0 Å². The molecule has 0 radical (unpaired) electrons. The summed E-state index contributed by atoms with van der Waals surface area (Å²) in [5.41, 5.74) is 2.68. The fourth-order valence-electron chi connectivity index (χ4n) is 4.20. The van der Waals surface area contributed by atoms with Crippen LogP contribution in [-0.4, -0.2) is 48.0 Å². The zero-order valence-corrected chi connectivity index (χ0v) is 19.9. The fourth-order valence-corrected chi connectivity index (χ4v) is 4.20. The first-order chi connectivity index (χ1) is 16.9. The average Bonchev–Trinajstić information content (AvgIpc) is 3.13. The summed E-state index contributed by atoms with van der Waals surface area (Å²) in [5.74, 6) is -0.641. The van der Waals surface area contributed by atoms with Gasteiger partial charge in [0.25, 0.3) is 11.7 Å². The predicted octanol–water partition coefficient (Wildman–Crippen LogP) is 4.04. The molecule has 1 atom stereocenters. The van der Waals surface area contributed by atoms with Gasteiger partial charge in [-0.15, -0.1) is 0 Å². The normalized spacial score (nSPS) is 16.9. The molecule has 1 aliphatic heterocycles. The van der Waals surface area contributed by atoms with E-state index in [9.17, 15) is 14.7 Å². The number of hydrogen-bond acceptors (Lipinski definition) is 7. The molecular weight excluding hydrogens is 448 g/mol. The number of aromatic nitrogens is 1. The number of benzene rings is 2. The van der Waals surface area contributed by atoms with Crippen LogP contribution >= 0.6 is 0 Å². The van der Waals surface area contributed by atoms with Gasteiger partial charge in [0.2, 0.25) is 5.75 Å². The number of carbonyl (C=O) groups excluding carboxylic acids is 2. The molecule has 3 aromatic rings. The van der Waals surface area contributed by atoms with Crippen LogP contribution in [0.3, 0.4) is 0 Å². The zero-order valence-electron chi connectivity index (χ0n) is 19.9. The van der Waals surface area contributed by atoms with E-state index in [0.717, 1.165) is 11.1 Å². The number of rotatable bonds is 7. The second kappa shape index (κ2) is 9.89. The number of amides is 1. The molecule has 4 rings (SSSR count). The summed E-state index contributed by atoms with van der Waals surface area (Å²) in [7, 11) is 4.46. The van der Waals surface area contributed by atoms with E-state index in [1.54, 1.807) is 42.7 Å². The molecule has 8 nitrogen and oxygen atoms in total. The highest BCUT2D eigenvalue weighted by atomic mass is 16.5. The lowest BCUT2D eigenvalue weighted by atomic mass is 9.94. The van der Waals surface area contributed by atoms with Gasteiger partial charge >= 0.3 is 0 Å². The lowest BCUT2D eigenvalue weighted by Crippen LogP contribution is -2.29. The summed E-state index contributed by atoms with van der Waals surface area (Å²) in [5, 5.41) is 11.2. The molecule has 0 aliphatic carbocycles. The van der Waals surface area contributed by atoms with Crippen LogP contribution in [0, 0.1) is 6.92 Å². The Kier molecular flexibility index (Phi) is 6.73. The highest BCUT2D eigenvalue weighted by molar-refractivity contribution is 6.46. The minimum absolute atomic E-state index is 0.0167. The number of aliphatic hydroxyl groups excluding tert-OH is 1. The Labute approximate surface area is 203 Å². The van der Waals surface area contributed by atoms with E-state index in [-0.39, 0.29) is 17.9 Å². The number of nitrogens with zero attached hydrogens (tertiary/aromatic N) is 2. The second-order valence-corrected chi connectivity index (χ2v) is 8.11. The summed E-state index contributed by atoms with van der Waals surface area (Å²) < 4.78 is 16.4. The highest BCUT2D eigenvalue weighted by Crippen LogP contribution is 2.46. The van der Waals surface area contributed by atoms with Crippen molar-refractivity contribution in [2.45, 2.75) is 19.5 Å². The molecule has 2 heterocycles. The molecule has 0 spiro atoms. The van der Waals surface area contributed by atoms with Crippen molar-refractivity contribution >= 4 is 17.4 Å². The van der Waals surface area contributed by atoms with E-state index in [1.165, 1.54) is 26.2 Å². The number of Topliss-reactive ketones (excluding diaryl/α,β-unsaturated/α-hetero) is 1. The van der Waals surface area contributed by atoms with Crippen molar-refractivity contribution < 1.29 is 28.9 Å². The Morgan fingerprint density at radius 3 is 2.20 bits per heavy atom. The molecule has 1 aliphatic rings. The molecule has 2 aromatic carbocycles. The van der Waals surface area contributed by atoms with Crippen LogP contribution in [-0.2, 0) is 16.1 Å². The van der Waals surface area contributed by atoms with Crippen molar-refractivity contribution in [3.63, 3.8) is 0 Å². The number of methoxy groups -OCH3 is 3. The number of ether oxygens (including phenoxy) is 3. The number of aryl methyl sites for hydroxylation is 1. The molecule has 8 heteroatoms. The molecule has 0 bridgehead atoms. The van der Waals surface area contributed by atoms with Gasteiger partial charge in [-0.05, 0) is 36.2 Å². The monoisotopic (exact) mass is 474 g/mol. The smallest absolute Gasteiger partial charge is 0.295 e. The first-order valence-corrected chi connectivity index (χ1v) is 10.9. The molecule has 0 saturated carbocycles. The summed E-state index contributed by atoms with van der Waals surface area (Å²) in [4.78, 5) is 32.1. The summed E-state index contributed by atoms with van der Waals surface area (Å²) in [6, 6.07) is 13.1. The van der Waals surface area contributed by atoms with Gasteiger partial charge < -0.3 is 24.2 Å². The quantitative estimate of drug-likeness (QED) is 0.314. The maximum Gasteiger partial charge on any atom is 0.295 e. The summed E-state index contributed by atoms with van der Waals surface area (Å²) >= 11 is 0. The molecule has 1 saturated heterocycles. The van der Waals surface area contributed by atoms with E-state index in [1.807, 2.05) is 25.1 Å². The Balaban J connectivity index is 1.94. The van der Waals surface area contributed by atoms with Crippen LogP contribution in [0.5, 0.6) is 17.2 Å². The molecule has 1 amide bonds.